The van der Waals surface area contributed by atoms with Crippen molar-refractivity contribution < 1.29 is 0 Å². The van der Waals surface area contributed by atoms with E-state index < -0.39 is 0 Å². The number of aliphatic imine (C=N–C) groups is 1. The van der Waals surface area contributed by atoms with Gasteiger partial charge in [0.2, 0.25) is 0 Å². The molecular formula is C43H31N. The molecule has 0 heterocycles. The molecule has 7 rings (SSSR count). The van der Waals surface area contributed by atoms with Crippen LogP contribution in [0.15, 0.2) is 193 Å². The zero-order valence-electron chi connectivity index (χ0n) is 24.3. The Morgan fingerprint density at radius 1 is 0.341 bits per heavy atom. The van der Waals surface area contributed by atoms with Crippen LogP contribution in [0.3, 0.4) is 0 Å². The van der Waals surface area contributed by atoms with Gasteiger partial charge in [-0.1, -0.05) is 170 Å². The Labute approximate surface area is 259 Å². The first-order valence-corrected chi connectivity index (χ1v) is 15.0. The molecule has 0 aliphatic rings. The van der Waals surface area contributed by atoms with Crippen LogP contribution in [-0.2, 0) is 0 Å². The van der Waals surface area contributed by atoms with Crippen LogP contribution in [0.1, 0.15) is 11.1 Å². The van der Waals surface area contributed by atoms with E-state index in [0.29, 0.717) is 0 Å². The second kappa shape index (κ2) is 12.6. The Kier molecular flexibility index (Phi) is 7.76. The van der Waals surface area contributed by atoms with Gasteiger partial charge in [0.05, 0.1) is 11.4 Å². The molecule has 1 heteroatoms. The molecule has 0 saturated heterocycles. The number of para-hydroxylation sites is 1. The van der Waals surface area contributed by atoms with E-state index in [4.69, 9.17) is 4.99 Å². The number of hydrogen-bond acceptors (Lipinski definition) is 1. The third-order valence-electron chi connectivity index (χ3n) is 7.90. The van der Waals surface area contributed by atoms with Gasteiger partial charge in [-0.2, -0.15) is 0 Å². The lowest BCUT2D eigenvalue weighted by molar-refractivity contribution is 1.46. The van der Waals surface area contributed by atoms with Gasteiger partial charge in [-0.3, -0.25) is 0 Å². The maximum absolute atomic E-state index is 5.37. The summed E-state index contributed by atoms with van der Waals surface area (Å²) in [6, 6.07) is 66.2. The van der Waals surface area contributed by atoms with Crippen LogP contribution in [-0.4, -0.2) is 5.71 Å². The van der Waals surface area contributed by atoms with E-state index in [1.54, 1.807) is 0 Å². The molecule has 7 aromatic rings. The molecule has 0 atom stereocenters. The summed E-state index contributed by atoms with van der Waals surface area (Å²) in [4.78, 5) is 5.37. The highest BCUT2D eigenvalue weighted by Gasteiger charge is 2.25. The van der Waals surface area contributed by atoms with Crippen molar-refractivity contribution in [1.29, 1.82) is 0 Å². The van der Waals surface area contributed by atoms with E-state index >= 15 is 0 Å². The average Bonchev–Trinajstić information content (AvgIpc) is 3.12. The molecule has 1 nitrogen and oxygen atoms in total. The second-order valence-corrected chi connectivity index (χ2v) is 10.7. The predicted molar refractivity (Wildman–Crippen MR) is 186 cm³/mol. The molecule has 0 fully saturated rings. The highest BCUT2D eigenvalue weighted by atomic mass is 14.7. The summed E-state index contributed by atoms with van der Waals surface area (Å²) in [6.45, 7) is 0. The Morgan fingerprint density at radius 2 is 0.727 bits per heavy atom. The summed E-state index contributed by atoms with van der Waals surface area (Å²) in [5.74, 6) is 0. The van der Waals surface area contributed by atoms with Gasteiger partial charge in [-0.15, -0.1) is 0 Å². The molecule has 0 amide bonds. The van der Waals surface area contributed by atoms with Crippen LogP contribution in [0.25, 0.3) is 44.5 Å². The fourth-order valence-corrected chi connectivity index (χ4v) is 5.93. The van der Waals surface area contributed by atoms with E-state index in [9.17, 15) is 0 Å². The molecule has 208 valence electrons. The summed E-state index contributed by atoms with van der Waals surface area (Å²) in [7, 11) is 0. The maximum Gasteiger partial charge on any atom is 0.0788 e. The van der Waals surface area contributed by atoms with Crippen molar-refractivity contribution >= 4 is 11.4 Å². The van der Waals surface area contributed by atoms with Gasteiger partial charge in [-0.05, 0) is 62.7 Å². The summed E-state index contributed by atoms with van der Waals surface area (Å²) in [6.07, 6.45) is 0. The number of rotatable bonds is 7. The van der Waals surface area contributed by atoms with Gasteiger partial charge >= 0.3 is 0 Å². The summed E-state index contributed by atoms with van der Waals surface area (Å²) < 4.78 is 0. The first-order chi connectivity index (χ1) is 21.9. The number of nitrogens with zero attached hydrogens (tertiary/aromatic N) is 1. The lowest BCUT2D eigenvalue weighted by Gasteiger charge is -2.25. The third kappa shape index (κ3) is 5.52. The van der Waals surface area contributed by atoms with Crippen molar-refractivity contribution in [2.75, 3.05) is 0 Å². The van der Waals surface area contributed by atoms with Crippen LogP contribution in [0.4, 0.5) is 5.69 Å². The van der Waals surface area contributed by atoms with E-state index in [0.717, 1.165) is 44.8 Å². The van der Waals surface area contributed by atoms with Gasteiger partial charge in [0.1, 0.15) is 0 Å². The lowest BCUT2D eigenvalue weighted by atomic mass is 9.78. The van der Waals surface area contributed by atoms with E-state index in [-0.39, 0.29) is 0 Å². The van der Waals surface area contributed by atoms with Crippen molar-refractivity contribution in [2.24, 2.45) is 4.99 Å². The largest absolute Gasteiger partial charge is 0.248 e. The molecule has 0 aliphatic heterocycles. The molecule has 0 aliphatic carbocycles. The monoisotopic (exact) mass is 561 g/mol. The molecule has 0 radical (unpaired) electrons. The Hall–Kier alpha value is -5.79. The van der Waals surface area contributed by atoms with Crippen molar-refractivity contribution in [3.63, 3.8) is 0 Å². The van der Waals surface area contributed by atoms with Gasteiger partial charge in [-0.25, -0.2) is 4.99 Å². The fourth-order valence-electron chi connectivity index (χ4n) is 5.93. The van der Waals surface area contributed by atoms with Crippen molar-refractivity contribution in [1.82, 2.24) is 0 Å². The quantitative estimate of drug-likeness (QED) is 0.172. The van der Waals surface area contributed by atoms with E-state index in [1.165, 1.54) is 22.3 Å². The molecule has 0 aromatic heterocycles. The highest BCUT2D eigenvalue weighted by Crippen LogP contribution is 2.48. The highest BCUT2D eigenvalue weighted by molar-refractivity contribution is 6.21. The van der Waals surface area contributed by atoms with Gasteiger partial charge in [0, 0.05) is 11.1 Å². The molecule has 0 saturated carbocycles. The zero-order chi connectivity index (χ0) is 29.6. The molecule has 0 bridgehead atoms. The van der Waals surface area contributed by atoms with Crippen LogP contribution < -0.4 is 0 Å². The standard InChI is InChI=1S/C43H31N/c1-7-19-32(20-8-1)38-31-39(43(36-27-15-5-16-28-36)44-37-29-17-6-18-30-37)41(34-23-11-3-12-24-34)42(35-25-13-4-14-26-35)40(38)33-21-9-2-10-22-33/h1-31H. The maximum atomic E-state index is 5.37. The van der Waals surface area contributed by atoms with Crippen LogP contribution in [0.2, 0.25) is 0 Å². The van der Waals surface area contributed by atoms with E-state index in [1.807, 2.05) is 18.2 Å². The minimum atomic E-state index is 0.917. The molecule has 0 N–H and O–H groups in total. The molecular weight excluding hydrogens is 530 g/mol. The third-order valence-corrected chi connectivity index (χ3v) is 7.90. The molecule has 0 unspecified atom stereocenters. The van der Waals surface area contributed by atoms with Crippen LogP contribution in [0, 0.1) is 0 Å². The minimum Gasteiger partial charge on any atom is -0.248 e. The normalized spacial score (nSPS) is 11.3. The molecule has 7 aromatic carbocycles. The van der Waals surface area contributed by atoms with Gasteiger partial charge in [0.15, 0.2) is 0 Å². The zero-order valence-corrected chi connectivity index (χ0v) is 24.3. The SMILES string of the molecule is c1ccc(N=C(c2ccccc2)c2cc(-c3ccccc3)c(-c3ccccc3)c(-c3ccccc3)c2-c2ccccc2)cc1. The summed E-state index contributed by atoms with van der Waals surface area (Å²) in [5, 5.41) is 0. The van der Waals surface area contributed by atoms with Crippen molar-refractivity contribution in [3.8, 4) is 44.5 Å². The fraction of sp³-hybridized carbons (Fsp3) is 0. The Bertz CT molecular complexity index is 2000. The number of benzene rings is 7. The van der Waals surface area contributed by atoms with Gasteiger partial charge < -0.3 is 0 Å². The Balaban J connectivity index is 1.70. The molecule has 0 spiro atoms. The van der Waals surface area contributed by atoms with Gasteiger partial charge in [0.25, 0.3) is 0 Å². The smallest absolute Gasteiger partial charge is 0.0788 e. The van der Waals surface area contributed by atoms with Crippen molar-refractivity contribution in [2.45, 2.75) is 0 Å². The molecule has 44 heavy (non-hydrogen) atoms. The van der Waals surface area contributed by atoms with Crippen molar-refractivity contribution in [3.05, 3.63) is 199 Å². The predicted octanol–water partition coefficient (Wildman–Crippen LogP) is 11.5. The van der Waals surface area contributed by atoms with Crippen LogP contribution in [0.5, 0.6) is 0 Å². The summed E-state index contributed by atoms with van der Waals surface area (Å²) >= 11 is 0. The van der Waals surface area contributed by atoms with Crippen LogP contribution >= 0.6 is 0 Å². The second-order valence-electron chi connectivity index (χ2n) is 10.7. The lowest BCUT2D eigenvalue weighted by Crippen LogP contribution is -2.08. The minimum absolute atomic E-state index is 0.917. The summed E-state index contributed by atoms with van der Waals surface area (Å²) in [5.41, 5.74) is 13.4. The Morgan fingerprint density at radius 3 is 1.23 bits per heavy atom. The topological polar surface area (TPSA) is 12.4 Å². The first kappa shape index (κ1) is 27.1. The number of hydrogen-bond donors (Lipinski definition) is 0. The average molecular weight is 562 g/mol. The first-order valence-electron chi connectivity index (χ1n) is 15.0. The van der Waals surface area contributed by atoms with E-state index in [2.05, 4.69) is 170 Å².